The van der Waals surface area contributed by atoms with Gasteiger partial charge in [0.05, 0.1) is 0 Å². The van der Waals surface area contributed by atoms with Gasteiger partial charge in [-0.2, -0.15) is 0 Å². The van der Waals surface area contributed by atoms with Crippen molar-refractivity contribution in [3.8, 4) is 33.4 Å². The van der Waals surface area contributed by atoms with Gasteiger partial charge in [-0.1, -0.05) is 155 Å². The average Bonchev–Trinajstić information content (AvgIpc) is 3.46. The Balaban J connectivity index is 1.21. The van der Waals surface area contributed by atoms with E-state index in [1.54, 1.807) is 0 Å². The molecule has 0 aromatic heterocycles. The Bertz CT molecular complexity index is 2820. The predicted molar refractivity (Wildman–Crippen MR) is 226 cm³/mol. The summed E-state index contributed by atoms with van der Waals surface area (Å²) in [6.07, 6.45) is 7.16. The van der Waals surface area contributed by atoms with Crippen LogP contribution in [0.1, 0.15) is 69.1 Å². The minimum Gasteiger partial charge on any atom is -0.0654 e. The Kier molecular flexibility index (Phi) is 7.26. The zero-order chi connectivity index (χ0) is 35.0. The molecule has 0 N–H and O–H groups in total. The van der Waals surface area contributed by atoms with Crippen molar-refractivity contribution < 1.29 is 0 Å². The normalized spacial score (nSPS) is 13.5. The highest BCUT2D eigenvalue weighted by atomic mass is 14.5. The summed E-state index contributed by atoms with van der Waals surface area (Å²) >= 11 is 0. The Morgan fingerprint density at radius 1 is 0.404 bits per heavy atom. The van der Waals surface area contributed by atoms with Gasteiger partial charge in [-0.25, -0.2) is 0 Å². The van der Waals surface area contributed by atoms with E-state index in [2.05, 4.69) is 160 Å². The SMILES string of the molecule is CCCCC1(CCCC)c2cc(-c3cc4ccccc4c4c(C)cccc34)ccc2-c2ccc(-c3cc4cccc5ccc6cccc3c6c54)cc21. The van der Waals surface area contributed by atoms with Gasteiger partial charge >= 0.3 is 0 Å². The second kappa shape index (κ2) is 12.1. The lowest BCUT2D eigenvalue weighted by Crippen LogP contribution is -2.25. The van der Waals surface area contributed by atoms with Gasteiger partial charge in [0.15, 0.2) is 0 Å². The van der Waals surface area contributed by atoms with Gasteiger partial charge in [0.25, 0.3) is 0 Å². The third kappa shape index (κ3) is 4.53. The van der Waals surface area contributed by atoms with Crippen molar-refractivity contribution >= 4 is 53.9 Å². The van der Waals surface area contributed by atoms with Gasteiger partial charge in [-0.3, -0.25) is 0 Å². The van der Waals surface area contributed by atoms with Crippen LogP contribution in [0, 0.1) is 6.92 Å². The monoisotopic (exact) mass is 668 g/mol. The van der Waals surface area contributed by atoms with Crippen LogP contribution >= 0.6 is 0 Å². The first-order valence-corrected chi connectivity index (χ1v) is 19.5. The quantitative estimate of drug-likeness (QED) is 0.141. The van der Waals surface area contributed by atoms with Gasteiger partial charge in [-0.15, -0.1) is 0 Å². The molecule has 0 unspecified atom stereocenters. The highest BCUT2D eigenvalue weighted by Crippen LogP contribution is 2.56. The van der Waals surface area contributed by atoms with Crippen LogP contribution in [0.3, 0.4) is 0 Å². The Hall–Kier alpha value is -5.46. The first-order chi connectivity index (χ1) is 25.6. The molecule has 0 amide bonds. The first kappa shape index (κ1) is 31.3. The molecule has 0 saturated heterocycles. The van der Waals surface area contributed by atoms with Crippen LogP contribution in [-0.4, -0.2) is 0 Å². The van der Waals surface area contributed by atoms with E-state index in [9.17, 15) is 0 Å². The molecule has 10 rings (SSSR count). The summed E-state index contributed by atoms with van der Waals surface area (Å²) in [4.78, 5) is 0. The highest BCUT2D eigenvalue weighted by Gasteiger charge is 2.42. The molecule has 0 aliphatic heterocycles. The second-order valence-electron chi connectivity index (χ2n) is 15.4. The Morgan fingerprint density at radius 3 is 1.60 bits per heavy atom. The van der Waals surface area contributed by atoms with Crippen LogP contribution in [0.15, 0.2) is 140 Å². The van der Waals surface area contributed by atoms with Crippen molar-refractivity contribution in [2.45, 2.75) is 64.7 Å². The number of hydrogen-bond donors (Lipinski definition) is 0. The smallest absolute Gasteiger partial charge is 0.0215 e. The van der Waals surface area contributed by atoms with Crippen LogP contribution in [0.2, 0.25) is 0 Å². The van der Waals surface area contributed by atoms with Crippen molar-refractivity contribution in [1.29, 1.82) is 0 Å². The molecule has 252 valence electrons. The van der Waals surface area contributed by atoms with Crippen LogP contribution in [0.4, 0.5) is 0 Å². The standard InChI is InChI=1S/C52H44/c1-4-6-27-52(28-7-5-2)47-31-37(45-29-36-14-8-9-18-40(36)49-33(3)13-10-19-43(45)49)23-25-41(47)42-26-24-38(32-48(42)52)46-30-39-17-11-15-34-21-22-35-16-12-20-44(46)51(35)50(34)39/h8-26,29-32H,4-7,27-28H2,1-3H3. The van der Waals surface area contributed by atoms with Gasteiger partial charge in [-0.05, 0) is 148 Å². The molecule has 0 heterocycles. The van der Waals surface area contributed by atoms with Crippen LogP contribution in [0.5, 0.6) is 0 Å². The molecule has 9 aromatic rings. The summed E-state index contributed by atoms with van der Waals surface area (Å²) in [6, 6.07) is 53.8. The van der Waals surface area contributed by atoms with Crippen LogP contribution < -0.4 is 0 Å². The number of benzene rings is 9. The number of fused-ring (bicyclic) bond motifs is 6. The largest absolute Gasteiger partial charge is 0.0654 e. The van der Waals surface area contributed by atoms with E-state index in [1.165, 1.54) is 142 Å². The molecule has 0 bridgehead atoms. The highest BCUT2D eigenvalue weighted by molar-refractivity contribution is 6.26. The molecule has 9 aromatic carbocycles. The Labute approximate surface area is 307 Å². The second-order valence-corrected chi connectivity index (χ2v) is 15.4. The van der Waals surface area contributed by atoms with E-state index in [4.69, 9.17) is 0 Å². The lowest BCUT2D eigenvalue weighted by Gasteiger charge is -2.33. The van der Waals surface area contributed by atoms with Crippen molar-refractivity contribution in [1.82, 2.24) is 0 Å². The molecular formula is C52H44. The van der Waals surface area contributed by atoms with Crippen molar-refractivity contribution in [2.75, 3.05) is 0 Å². The van der Waals surface area contributed by atoms with Crippen LogP contribution in [0.25, 0.3) is 87.2 Å². The van der Waals surface area contributed by atoms with Gasteiger partial charge in [0.2, 0.25) is 0 Å². The molecule has 0 saturated carbocycles. The van der Waals surface area contributed by atoms with Crippen molar-refractivity contribution in [3.63, 3.8) is 0 Å². The van der Waals surface area contributed by atoms with Gasteiger partial charge in [0.1, 0.15) is 0 Å². The zero-order valence-corrected chi connectivity index (χ0v) is 30.5. The molecular weight excluding hydrogens is 625 g/mol. The summed E-state index contributed by atoms with van der Waals surface area (Å²) in [6.45, 7) is 6.97. The van der Waals surface area contributed by atoms with E-state index >= 15 is 0 Å². The molecule has 0 nitrogen and oxygen atoms in total. The fourth-order valence-electron chi connectivity index (χ4n) is 10.0. The topological polar surface area (TPSA) is 0 Å². The van der Waals surface area contributed by atoms with Gasteiger partial charge in [0, 0.05) is 5.41 Å². The minimum absolute atomic E-state index is 0.0234. The fourth-order valence-corrected chi connectivity index (χ4v) is 10.0. The van der Waals surface area contributed by atoms with Crippen molar-refractivity contribution in [2.24, 2.45) is 0 Å². The molecule has 0 heteroatoms. The van der Waals surface area contributed by atoms with Crippen molar-refractivity contribution in [3.05, 3.63) is 156 Å². The molecule has 52 heavy (non-hydrogen) atoms. The summed E-state index contributed by atoms with van der Waals surface area (Å²) < 4.78 is 0. The summed E-state index contributed by atoms with van der Waals surface area (Å²) in [7, 11) is 0. The number of aryl methyl sites for hydroxylation is 1. The van der Waals surface area contributed by atoms with E-state index in [0.717, 1.165) is 0 Å². The summed E-state index contributed by atoms with van der Waals surface area (Å²) in [5.41, 5.74) is 12.6. The maximum absolute atomic E-state index is 2.61. The lowest BCUT2D eigenvalue weighted by atomic mass is 9.70. The lowest BCUT2D eigenvalue weighted by molar-refractivity contribution is 0.414. The Morgan fingerprint density at radius 2 is 0.923 bits per heavy atom. The number of unbranched alkanes of at least 4 members (excludes halogenated alkanes) is 2. The third-order valence-corrected chi connectivity index (χ3v) is 12.5. The van der Waals surface area contributed by atoms with Crippen LogP contribution in [-0.2, 0) is 5.41 Å². The number of rotatable bonds is 8. The molecule has 1 aliphatic rings. The average molecular weight is 669 g/mol. The van der Waals surface area contributed by atoms with E-state index in [1.807, 2.05) is 0 Å². The molecule has 0 spiro atoms. The maximum atomic E-state index is 2.61. The third-order valence-electron chi connectivity index (χ3n) is 12.5. The molecule has 0 radical (unpaired) electrons. The summed E-state index contributed by atoms with van der Waals surface area (Å²) in [5, 5.41) is 13.5. The first-order valence-electron chi connectivity index (χ1n) is 19.5. The molecule has 1 aliphatic carbocycles. The fraction of sp³-hybridized carbons (Fsp3) is 0.192. The number of hydrogen-bond acceptors (Lipinski definition) is 0. The maximum Gasteiger partial charge on any atom is 0.0215 e. The van der Waals surface area contributed by atoms with E-state index < -0.39 is 0 Å². The van der Waals surface area contributed by atoms with E-state index in [0.29, 0.717) is 0 Å². The molecule has 0 atom stereocenters. The summed E-state index contributed by atoms with van der Waals surface area (Å²) in [5.74, 6) is 0. The molecule has 0 fully saturated rings. The minimum atomic E-state index is -0.0234. The zero-order valence-electron chi connectivity index (χ0n) is 30.5. The predicted octanol–water partition coefficient (Wildman–Crippen LogP) is 15.2. The van der Waals surface area contributed by atoms with E-state index in [-0.39, 0.29) is 5.41 Å². The van der Waals surface area contributed by atoms with Gasteiger partial charge < -0.3 is 0 Å².